The zero-order valence-corrected chi connectivity index (χ0v) is 16.1. The first kappa shape index (κ1) is 19.3. The van der Waals surface area contributed by atoms with Gasteiger partial charge in [-0.3, -0.25) is 19.8 Å². The van der Waals surface area contributed by atoms with Crippen molar-refractivity contribution in [3.8, 4) is 0 Å². The molecule has 1 saturated carbocycles. The molecule has 0 radical (unpaired) electrons. The Kier molecular flexibility index (Phi) is 6.68. The van der Waals surface area contributed by atoms with E-state index in [1.807, 2.05) is 5.48 Å². The number of amides is 1. The second-order valence-electron chi connectivity index (χ2n) is 8.27. The fraction of sp³-hybridized carbons (Fsp3) is 0.667. The molecule has 3 rings (SSSR count). The van der Waals surface area contributed by atoms with E-state index in [0.29, 0.717) is 18.0 Å². The van der Waals surface area contributed by atoms with E-state index >= 15 is 0 Å². The molecule has 5 heteroatoms. The van der Waals surface area contributed by atoms with Crippen molar-refractivity contribution in [2.45, 2.75) is 58.2 Å². The minimum absolute atomic E-state index is 0.00295. The summed E-state index contributed by atoms with van der Waals surface area (Å²) in [5, 5.41) is 8.79. The Morgan fingerprint density at radius 2 is 1.69 bits per heavy atom. The summed E-state index contributed by atoms with van der Waals surface area (Å²) < 4.78 is 0. The number of rotatable bonds is 5. The van der Waals surface area contributed by atoms with E-state index in [1.165, 1.54) is 5.56 Å². The SMILES string of the molecule is CC1CN(CC2CCC(C(=O)NO)CC2)CC(C)N1Cc1ccccc1. The number of nitrogens with one attached hydrogen (secondary N) is 1. The molecule has 144 valence electrons. The van der Waals surface area contributed by atoms with Crippen LogP contribution < -0.4 is 5.48 Å². The zero-order chi connectivity index (χ0) is 18.5. The molecule has 1 amide bonds. The van der Waals surface area contributed by atoms with Gasteiger partial charge in [0.25, 0.3) is 0 Å². The first-order valence-corrected chi connectivity index (χ1v) is 10.0. The molecule has 2 aliphatic rings. The molecular weight excluding hydrogens is 326 g/mol. The molecule has 1 saturated heterocycles. The summed E-state index contributed by atoms with van der Waals surface area (Å²) >= 11 is 0. The number of piperazine rings is 1. The van der Waals surface area contributed by atoms with E-state index in [2.05, 4.69) is 54.0 Å². The van der Waals surface area contributed by atoms with Crippen molar-refractivity contribution in [1.29, 1.82) is 0 Å². The van der Waals surface area contributed by atoms with Gasteiger partial charge in [-0.05, 0) is 51.0 Å². The van der Waals surface area contributed by atoms with Gasteiger partial charge in [0.1, 0.15) is 0 Å². The third-order valence-corrected chi connectivity index (χ3v) is 6.23. The maximum Gasteiger partial charge on any atom is 0.246 e. The zero-order valence-electron chi connectivity index (χ0n) is 16.1. The van der Waals surface area contributed by atoms with Crippen LogP contribution in [0, 0.1) is 11.8 Å². The molecule has 2 unspecified atom stereocenters. The van der Waals surface area contributed by atoms with Gasteiger partial charge in [-0.2, -0.15) is 0 Å². The summed E-state index contributed by atoms with van der Waals surface area (Å²) in [5.74, 6) is 0.467. The lowest BCUT2D eigenvalue weighted by Crippen LogP contribution is -2.57. The summed E-state index contributed by atoms with van der Waals surface area (Å²) in [6.07, 6.45) is 3.97. The Hall–Kier alpha value is -1.43. The number of hydrogen-bond acceptors (Lipinski definition) is 4. The quantitative estimate of drug-likeness (QED) is 0.627. The Labute approximate surface area is 157 Å². The Morgan fingerprint density at radius 3 is 2.27 bits per heavy atom. The predicted molar refractivity (Wildman–Crippen MR) is 103 cm³/mol. The van der Waals surface area contributed by atoms with E-state index < -0.39 is 0 Å². The minimum Gasteiger partial charge on any atom is -0.300 e. The van der Waals surface area contributed by atoms with E-state index in [-0.39, 0.29) is 11.8 Å². The van der Waals surface area contributed by atoms with Crippen molar-refractivity contribution in [3.63, 3.8) is 0 Å². The highest BCUT2D eigenvalue weighted by Crippen LogP contribution is 2.30. The van der Waals surface area contributed by atoms with E-state index in [4.69, 9.17) is 5.21 Å². The second-order valence-corrected chi connectivity index (χ2v) is 8.27. The Bertz CT molecular complexity index is 560. The first-order chi connectivity index (χ1) is 12.6. The minimum atomic E-state index is -0.208. The van der Waals surface area contributed by atoms with Crippen LogP contribution in [0.3, 0.4) is 0 Å². The van der Waals surface area contributed by atoms with Crippen LogP contribution in [0.25, 0.3) is 0 Å². The first-order valence-electron chi connectivity index (χ1n) is 10.0. The van der Waals surface area contributed by atoms with Crippen LogP contribution in [0.1, 0.15) is 45.1 Å². The van der Waals surface area contributed by atoms with Crippen molar-refractivity contribution < 1.29 is 10.0 Å². The highest BCUT2D eigenvalue weighted by Gasteiger charge is 2.32. The maximum atomic E-state index is 11.6. The van der Waals surface area contributed by atoms with E-state index in [9.17, 15) is 4.79 Å². The molecule has 0 spiro atoms. The average Bonchev–Trinajstić information content (AvgIpc) is 2.65. The lowest BCUT2D eigenvalue weighted by atomic mass is 9.81. The smallest absolute Gasteiger partial charge is 0.246 e. The normalized spacial score (nSPS) is 30.9. The van der Waals surface area contributed by atoms with Gasteiger partial charge >= 0.3 is 0 Å². The number of carbonyl (C=O) groups is 1. The molecule has 2 fully saturated rings. The number of benzene rings is 1. The van der Waals surface area contributed by atoms with Gasteiger partial charge in [0.15, 0.2) is 0 Å². The van der Waals surface area contributed by atoms with Gasteiger partial charge in [-0.1, -0.05) is 30.3 Å². The van der Waals surface area contributed by atoms with Crippen molar-refractivity contribution in [1.82, 2.24) is 15.3 Å². The number of nitrogens with zero attached hydrogens (tertiary/aromatic N) is 2. The monoisotopic (exact) mass is 359 g/mol. The molecule has 1 aliphatic carbocycles. The fourth-order valence-electron chi connectivity index (χ4n) is 4.78. The molecule has 26 heavy (non-hydrogen) atoms. The van der Waals surface area contributed by atoms with Gasteiger partial charge in [0.2, 0.25) is 5.91 Å². The number of hydrogen-bond donors (Lipinski definition) is 2. The van der Waals surface area contributed by atoms with Crippen LogP contribution in [-0.2, 0) is 11.3 Å². The largest absolute Gasteiger partial charge is 0.300 e. The maximum absolute atomic E-state index is 11.6. The van der Waals surface area contributed by atoms with Crippen LogP contribution in [-0.4, -0.2) is 52.6 Å². The molecule has 0 aromatic heterocycles. The summed E-state index contributed by atoms with van der Waals surface area (Å²) in [4.78, 5) is 16.8. The number of hydroxylamine groups is 1. The third kappa shape index (κ3) is 4.84. The van der Waals surface area contributed by atoms with Gasteiger partial charge in [0.05, 0.1) is 0 Å². The van der Waals surface area contributed by atoms with Gasteiger partial charge in [-0.25, -0.2) is 5.48 Å². The molecule has 1 aromatic carbocycles. The molecule has 1 aliphatic heterocycles. The van der Waals surface area contributed by atoms with Crippen molar-refractivity contribution >= 4 is 5.91 Å². The number of carbonyl (C=O) groups excluding carboxylic acids is 1. The second kappa shape index (κ2) is 8.98. The Morgan fingerprint density at radius 1 is 1.08 bits per heavy atom. The van der Waals surface area contributed by atoms with Crippen LogP contribution in [0.5, 0.6) is 0 Å². The summed E-state index contributed by atoms with van der Waals surface area (Å²) in [5.41, 5.74) is 3.20. The van der Waals surface area contributed by atoms with Crippen molar-refractivity contribution in [2.24, 2.45) is 11.8 Å². The van der Waals surface area contributed by atoms with Crippen LogP contribution in [0.15, 0.2) is 30.3 Å². The lowest BCUT2D eigenvalue weighted by molar-refractivity contribution is -0.134. The molecule has 5 nitrogen and oxygen atoms in total. The highest BCUT2D eigenvalue weighted by atomic mass is 16.5. The summed E-state index contributed by atoms with van der Waals surface area (Å²) in [7, 11) is 0. The van der Waals surface area contributed by atoms with Gasteiger partial charge in [-0.15, -0.1) is 0 Å². The standard InChI is InChI=1S/C21H33N3O2/c1-16-12-23(14-19-8-10-20(11-9-19)21(25)22-26)13-17(2)24(16)15-18-6-4-3-5-7-18/h3-7,16-17,19-20,26H,8-15H2,1-2H3,(H,22,25). The molecule has 1 heterocycles. The molecule has 0 bridgehead atoms. The molecular formula is C21H33N3O2. The van der Waals surface area contributed by atoms with Crippen molar-refractivity contribution in [3.05, 3.63) is 35.9 Å². The summed E-state index contributed by atoms with van der Waals surface area (Å²) in [6, 6.07) is 11.8. The van der Waals surface area contributed by atoms with Crippen molar-refractivity contribution in [2.75, 3.05) is 19.6 Å². The molecule has 1 aromatic rings. The third-order valence-electron chi connectivity index (χ3n) is 6.23. The molecule has 2 atom stereocenters. The van der Waals surface area contributed by atoms with E-state index in [1.54, 1.807) is 0 Å². The summed E-state index contributed by atoms with van der Waals surface area (Å²) in [6.45, 7) is 9.09. The van der Waals surface area contributed by atoms with Gasteiger partial charge in [0, 0.05) is 44.2 Å². The molecule has 2 N–H and O–H groups in total. The average molecular weight is 360 g/mol. The topological polar surface area (TPSA) is 55.8 Å². The van der Waals surface area contributed by atoms with Crippen LogP contribution >= 0.6 is 0 Å². The predicted octanol–water partition coefficient (Wildman–Crippen LogP) is 2.89. The van der Waals surface area contributed by atoms with Crippen LogP contribution in [0.4, 0.5) is 0 Å². The highest BCUT2D eigenvalue weighted by molar-refractivity contribution is 5.77. The Balaban J connectivity index is 1.48. The van der Waals surface area contributed by atoms with Crippen LogP contribution in [0.2, 0.25) is 0 Å². The van der Waals surface area contributed by atoms with E-state index in [0.717, 1.165) is 51.9 Å². The van der Waals surface area contributed by atoms with Gasteiger partial charge < -0.3 is 0 Å². The fourth-order valence-corrected chi connectivity index (χ4v) is 4.78. The lowest BCUT2D eigenvalue weighted by Gasteiger charge is -2.46.